The van der Waals surface area contributed by atoms with E-state index in [9.17, 15) is 0 Å². The summed E-state index contributed by atoms with van der Waals surface area (Å²) in [5.41, 5.74) is 5.01. The Hall–Kier alpha value is -2.09. The molecule has 1 aliphatic rings. The maximum absolute atomic E-state index is 6.15. The molecule has 94 valence electrons. The molecule has 2 heteroatoms. The molecule has 0 saturated heterocycles. The molecule has 1 atom stereocenters. The lowest BCUT2D eigenvalue weighted by atomic mass is 9.82. The third kappa shape index (κ3) is 1.46. The fourth-order valence-electron chi connectivity index (χ4n) is 3.20. The zero-order chi connectivity index (χ0) is 13.0. The number of rotatable bonds is 0. The first kappa shape index (κ1) is 10.8. The van der Waals surface area contributed by atoms with Gasteiger partial charge in [0.15, 0.2) is 11.8 Å². The first-order valence-corrected chi connectivity index (χ1v) is 6.74. The van der Waals surface area contributed by atoms with E-state index in [4.69, 9.17) is 4.42 Å². The summed E-state index contributed by atoms with van der Waals surface area (Å²) in [5, 5.41) is 1.26. The van der Waals surface area contributed by atoms with Crippen LogP contribution in [0.1, 0.15) is 24.0 Å². The lowest BCUT2D eigenvalue weighted by Crippen LogP contribution is -2.25. The van der Waals surface area contributed by atoms with Crippen LogP contribution in [0.15, 0.2) is 47.1 Å². The number of furan rings is 1. The van der Waals surface area contributed by atoms with Crippen LogP contribution in [0, 0.1) is 0 Å². The summed E-state index contributed by atoms with van der Waals surface area (Å²) in [7, 11) is 2.03. The molecule has 2 nitrogen and oxygen atoms in total. The molecule has 0 aliphatic heterocycles. The smallest absolute Gasteiger partial charge is 0.212 e. The topological polar surface area (TPSA) is 17.0 Å². The van der Waals surface area contributed by atoms with Gasteiger partial charge in [0.1, 0.15) is 12.8 Å². The van der Waals surface area contributed by atoms with Gasteiger partial charge in [-0.3, -0.25) is 0 Å². The molecule has 19 heavy (non-hydrogen) atoms. The van der Waals surface area contributed by atoms with Crippen molar-refractivity contribution in [2.75, 3.05) is 0 Å². The average molecular weight is 250 g/mol. The first-order chi connectivity index (χ1) is 9.24. The van der Waals surface area contributed by atoms with E-state index in [1.54, 1.807) is 0 Å². The van der Waals surface area contributed by atoms with E-state index in [1.165, 1.54) is 22.1 Å². The van der Waals surface area contributed by atoms with Crippen molar-refractivity contribution in [3.63, 3.8) is 0 Å². The van der Waals surface area contributed by atoms with Crippen molar-refractivity contribution in [2.45, 2.75) is 19.3 Å². The fourth-order valence-corrected chi connectivity index (χ4v) is 3.20. The minimum atomic E-state index is 0.513. The van der Waals surface area contributed by atoms with Crippen LogP contribution < -0.4 is 4.57 Å². The molecule has 4 rings (SSSR count). The molecular weight excluding hydrogens is 234 g/mol. The Bertz CT molecular complexity index is 785. The Morgan fingerprint density at radius 3 is 2.95 bits per heavy atom. The Morgan fingerprint density at radius 2 is 2.05 bits per heavy atom. The van der Waals surface area contributed by atoms with Crippen LogP contribution in [0.4, 0.5) is 0 Å². The predicted octanol–water partition coefficient (Wildman–Crippen LogP) is 3.58. The summed E-state index contributed by atoms with van der Waals surface area (Å²) in [6.07, 6.45) is 5.24. The highest BCUT2D eigenvalue weighted by molar-refractivity contribution is 5.89. The third-order valence-electron chi connectivity index (χ3n) is 4.09. The van der Waals surface area contributed by atoms with E-state index in [0.717, 1.165) is 17.8 Å². The van der Waals surface area contributed by atoms with Gasteiger partial charge >= 0.3 is 0 Å². The second kappa shape index (κ2) is 3.70. The van der Waals surface area contributed by atoms with Gasteiger partial charge in [0.2, 0.25) is 6.20 Å². The van der Waals surface area contributed by atoms with Crippen molar-refractivity contribution in [1.29, 1.82) is 0 Å². The molecule has 0 bridgehead atoms. The Kier molecular flexibility index (Phi) is 2.10. The van der Waals surface area contributed by atoms with Crippen LogP contribution in [0.2, 0.25) is 0 Å². The van der Waals surface area contributed by atoms with Crippen LogP contribution in [0.3, 0.4) is 0 Å². The van der Waals surface area contributed by atoms with E-state index < -0.39 is 0 Å². The quantitative estimate of drug-likeness (QED) is 0.557. The molecule has 2 aromatic heterocycles. The number of hydrogen-bond acceptors (Lipinski definition) is 1. The van der Waals surface area contributed by atoms with Crippen LogP contribution >= 0.6 is 0 Å². The van der Waals surface area contributed by atoms with Gasteiger partial charge in [-0.15, -0.1) is 0 Å². The van der Waals surface area contributed by atoms with E-state index in [0.29, 0.717) is 5.92 Å². The monoisotopic (exact) mass is 250 g/mol. The minimum absolute atomic E-state index is 0.513. The predicted molar refractivity (Wildman–Crippen MR) is 74.9 cm³/mol. The van der Waals surface area contributed by atoms with Gasteiger partial charge in [-0.25, -0.2) is 4.57 Å². The van der Waals surface area contributed by atoms with Crippen molar-refractivity contribution in [1.82, 2.24) is 0 Å². The second-order valence-corrected chi connectivity index (χ2v) is 5.50. The molecule has 0 amide bonds. The summed E-state index contributed by atoms with van der Waals surface area (Å²) in [6, 6.07) is 10.7. The minimum Gasteiger partial charge on any atom is -0.449 e. The van der Waals surface area contributed by atoms with E-state index in [-0.39, 0.29) is 0 Å². The standard InChI is InChI=1S/C17H16NO/c1-11-9-12-5-3-4-6-13(12)17-16(11)14-7-8-18(2)10-15(14)19-17/h3-8,10-11H,9H2,1-2H3/q+1. The maximum atomic E-state index is 6.15. The van der Waals surface area contributed by atoms with Gasteiger partial charge in [-0.05, 0) is 17.9 Å². The van der Waals surface area contributed by atoms with Gasteiger partial charge < -0.3 is 4.42 Å². The maximum Gasteiger partial charge on any atom is 0.212 e. The molecule has 0 fully saturated rings. The Balaban J connectivity index is 2.10. The van der Waals surface area contributed by atoms with Crippen LogP contribution in [0.5, 0.6) is 0 Å². The zero-order valence-corrected chi connectivity index (χ0v) is 11.2. The first-order valence-electron chi connectivity index (χ1n) is 6.74. The number of aromatic nitrogens is 1. The van der Waals surface area contributed by atoms with Gasteiger partial charge in [-0.2, -0.15) is 0 Å². The highest BCUT2D eigenvalue weighted by atomic mass is 16.3. The number of pyridine rings is 1. The normalized spacial score (nSPS) is 17.3. The Morgan fingerprint density at radius 1 is 1.21 bits per heavy atom. The molecule has 1 unspecified atom stereocenters. The van der Waals surface area contributed by atoms with Gasteiger partial charge in [0.25, 0.3) is 0 Å². The summed E-state index contributed by atoms with van der Waals surface area (Å²) >= 11 is 0. The summed E-state index contributed by atoms with van der Waals surface area (Å²) < 4.78 is 8.18. The number of nitrogens with zero attached hydrogens (tertiary/aromatic N) is 1. The number of benzene rings is 1. The van der Waals surface area contributed by atoms with Crippen LogP contribution in [-0.2, 0) is 13.5 Å². The third-order valence-corrected chi connectivity index (χ3v) is 4.09. The number of fused-ring (bicyclic) bond motifs is 5. The molecule has 0 radical (unpaired) electrons. The fraction of sp³-hybridized carbons (Fsp3) is 0.235. The molecule has 1 aliphatic carbocycles. The van der Waals surface area contributed by atoms with E-state index in [1.807, 2.05) is 11.6 Å². The van der Waals surface area contributed by atoms with E-state index in [2.05, 4.69) is 49.6 Å². The molecule has 0 spiro atoms. The van der Waals surface area contributed by atoms with E-state index >= 15 is 0 Å². The van der Waals surface area contributed by atoms with Crippen molar-refractivity contribution in [2.24, 2.45) is 7.05 Å². The molecule has 2 heterocycles. The SMILES string of the molecule is CC1Cc2ccccc2-c2oc3c[n+](C)ccc3c21. The average Bonchev–Trinajstić information content (AvgIpc) is 2.78. The van der Waals surface area contributed by atoms with Crippen molar-refractivity contribution >= 4 is 11.0 Å². The molecule has 1 aromatic carbocycles. The summed E-state index contributed by atoms with van der Waals surface area (Å²) in [6.45, 7) is 2.29. The zero-order valence-electron chi connectivity index (χ0n) is 11.2. The van der Waals surface area contributed by atoms with Gasteiger partial charge in [-0.1, -0.05) is 31.2 Å². The van der Waals surface area contributed by atoms with Crippen LogP contribution in [0.25, 0.3) is 22.3 Å². The number of aryl methyl sites for hydroxylation is 1. The lowest BCUT2D eigenvalue weighted by molar-refractivity contribution is -0.670. The van der Waals surface area contributed by atoms with Gasteiger partial charge in [0.05, 0.1) is 0 Å². The Labute approximate surface area is 112 Å². The summed E-state index contributed by atoms with van der Waals surface area (Å²) in [5.74, 6) is 1.58. The highest BCUT2D eigenvalue weighted by Gasteiger charge is 2.28. The van der Waals surface area contributed by atoms with Crippen molar-refractivity contribution in [3.05, 3.63) is 53.9 Å². The molecule has 3 aromatic rings. The lowest BCUT2D eigenvalue weighted by Gasteiger charge is -2.20. The molecule has 0 N–H and O–H groups in total. The summed E-state index contributed by atoms with van der Waals surface area (Å²) in [4.78, 5) is 0. The second-order valence-electron chi connectivity index (χ2n) is 5.50. The largest absolute Gasteiger partial charge is 0.449 e. The highest BCUT2D eigenvalue weighted by Crippen LogP contribution is 2.44. The van der Waals surface area contributed by atoms with Crippen LogP contribution in [-0.4, -0.2) is 0 Å². The number of hydrogen-bond donors (Lipinski definition) is 0. The van der Waals surface area contributed by atoms with Crippen molar-refractivity contribution < 1.29 is 8.98 Å². The van der Waals surface area contributed by atoms with Gasteiger partial charge in [0, 0.05) is 22.6 Å². The molecular formula is C17H16NO+. The van der Waals surface area contributed by atoms with Crippen molar-refractivity contribution in [3.8, 4) is 11.3 Å². The molecule has 0 saturated carbocycles.